The number of rotatable bonds is 5. The minimum absolute atomic E-state index is 0.0104. The van der Waals surface area contributed by atoms with E-state index in [1.807, 2.05) is 0 Å². The maximum atomic E-state index is 5.75. The van der Waals surface area contributed by atoms with Gasteiger partial charge < -0.3 is 4.74 Å². The van der Waals surface area contributed by atoms with Crippen LogP contribution >= 0.6 is 0 Å². The molecule has 1 aliphatic carbocycles. The molecule has 43 heavy (non-hydrogen) atoms. The topological polar surface area (TPSA) is 9.23 Å². The van der Waals surface area contributed by atoms with Gasteiger partial charge in [-0.15, -0.1) is 0 Å². The molecule has 1 nitrogen and oxygen atoms in total. The van der Waals surface area contributed by atoms with Gasteiger partial charge in [0.2, 0.25) is 0 Å². The summed E-state index contributed by atoms with van der Waals surface area (Å²) in [4.78, 5) is 0. The molecule has 8 rings (SSSR count). The second-order valence-electron chi connectivity index (χ2n) is 11.9. The number of hydrogen-bond acceptors (Lipinski definition) is 1. The Kier molecular flexibility index (Phi) is 5.91. The van der Waals surface area contributed by atoms with Crippen LogP contribution in [0, 0.1) is 0 Å². The van der Waals surface area contributed by atoms with Crippen LogP contribution in [-0.2, 0) is 5.41 Å². The Morgan fingerprint density at radius 2 is 1.07 bits per heavy atom. The molecule has 0 saturated carbocycles. The SMILES string of the molecule is CCC1(CC)c2cc(-c3ccccc3)ccc2-c2ccc(-c3ccc4c(ccc5cc(OC)c6ccccc6c54)c3)cc21. The third-order valence-electron chi connectivity index (χ3n) is 10.0. The van der Waals surface area contributed by atoms with Gasteiger partial charge in [0.25, 0.3) is 0 Å². The Labute approximate surface area is 253 Å². The molecule has 0 heterocycles. The van der Waals surface area contributed by atoms with Crippen molar-refractivity contribution >= 4 is 32.3 Å². The minimum Gasteiger partial charge on any atom is -0.496 e. The molecule has 7 aromatic carbocycles. The van der Waals surface area contributed by atoms with Crippen LogP contribution in [0.4, 0.5) is 0 Å². The monoisotopic (exact) mass is 554 g/mol. The van der Waals surface area contributed by atoms with E-state index in [2.05, 4.69) is 141 Å². The second-order valence-corrected chi connectivity index (χ2v) is 11.9. The van der Waals surface area contributed by atoms with E-state index in [1.165, 1.54) is 71.4 Å². The predicted molar refractivity (Wildman–Crippen MR) is 183 cm³/mol. The summed E-state index contributed by atoms with van der Waals surface area (Å²) in [6, 6.07) is 47.2. The van der Waals surface area contributed by atoms with Crippen molar-refractivity contribution in [3.05, 3.63) is 139 Å². The molecule has 0 atom stereocenters. The summed E-state index contributed by atoms with van der Waals surface area (Å²) in [5.74, 6) is 0.921. The molecule has 0 unspecified atom stereocenters. The highest BCUT2D eigenvalue weighted by molar-refractivity contribution is 6.22. The Balaban J connectivity index is 1.27. The summed E-state index contributed by atoms with van der Waals surface area (Å²) in [7, 11) is 1.75. The fourth-order valence-electron chi connectivity index (χ4n) is 7.75. The van der Waals surface area contributed by atoms with E-state index in [9.17, 15) is 0 Å². The minimum atomic E-state index is 0.0104. The highest BCUT2D eigenvalue weighted by atomic mass is 16.5. The van der Waals surface area contributed by atoms with Crippen LogP contribution in [0.2, 0.25) is 0 Å². The van der Waals surface area contributed by atoms with Crippen molar-refractivity contribution in [3.8, 4) is 39.1 Å². The number of benzene rings is 7. The van der Waals surface area contributed by atoms with Crippen LogP contribution < -0.4 is 4.74 Å². The lowest BCUT2D eigenvalue weighted by molar-refractivity contribution is 0.420. The maximum absolute atomic E-state index is 5.75. The van der Waals surface area contributed by atoms with Gasteiger partial charge in [0.15, 0.2) is 0 Å². The van der Waals surface area contributed by atoms with Crippen molar-refractivity contribution in [2.24, 2.45) is 0 Å². The molecule has 0 N–H and O–H groups in total. The number of methoxy groups -OCH3 is 1. The molecular formula is C42H34O. The first-order valence-corrected chi connectivity index (χ1v) is 15.4. The first-order valence-electron chi connectivity index (χ1n) is 15.4. The Bertz CT molecular complexity index is 2180. The molecule has 0 spiro atoms. The van der Waals surface area contributed by atoms with Crippen molar-refractivity contribution in [3.63, 3.8) is 0 Å². The molecule has 0 saturated heterocycles. The molecule has 1 aliphatic rings. The summed E-state index contributed by atoms with van der Waals surface area (Å²) < 4.78 is 5.75. The van der Waals surface area contributed by atoms with Crippen molar-refractivity contribution in [1.29, 1.82) is 0 Å². The fourth-order valence-corrected chi connectivity index (χ4v) is 7.75. The predicted octanol–water partition coefficient (Wildman–Crippen LogP) is 11.6. The summed E-state index contributed by atoms with van der Waals surface area (Å²) in [6.45, 7) is 4.70. The highest BCUT2D eigenvalue weighted by Gasteiger charge is 2.40. The summed E-state index contributed by atoms with van der Waals surface area (Å²) in [5.41, 5.74) is 10.8. The quantitative estimate of drug-likeness (QED) is 0.192. The summed E-state index contributed by atoms with van der Waals surface area (Å²) >= 11 is 0. The molecule has 0 aliphatic heterocycles. The Hall–Kier alpha value is -4.88. The molecule has 0 amide bonds. The fraction of sp³-hybridized carbons (Fsp3) is 0.143. The van der Waals surface area contributed by atoms with Crippen LogP contribution in [0.5, 0.6) is 5.75 Å². The Morgan fingerprint density at radius 3 is 1.74 bits per heavy atom. The van der Waals surface area contributed by atoms with Gasteiger partial charge in [-0.05, 0) is 109 Å². The first-order chi connectivity index (χ1) is 21.1. The third kappa shape index (κ3) is 3.78. The van der Waals surface area contributed by atoms with Gasteiger partial charge >= 0.3 is 0 Å². The van der Waals surface area contributed by atoms with Crippen LogP contribution in [0.25, 0.3) is 65.7 Å². The van der Waals surface area contributed by atoms with Gasteiger partial charge in [-0.2, -0.15) is 0 Å². The van der Waals surface area contributed by atoms with E-state index in [0.29, 0.717) is 0 Å². The zero-order valence-electron chi connectivity index (χ0n) is 24.9. The van der Waals surface area contributed by atoms with E-state index in [0.717, 1.165) is 24.0 Å². The van der Waals surface area contributed by atoms with Gasteiger partial charge in [0, 0.05) is 10.8 Å². The lowest BCUT2D eigenvalue weighted by atomic mass is 9.73. The molecule has 208 valence electrons. The van der Waals surface area contributed by atoms with E-state index in [1.54, 1.807) is 7.11 Å². The summed E-state index contributed by atoms with van der Waals surface area (Å²) in [5, 5.41) is 7.41. The molecule has 7 aromatic rings. The number of ether oxygens (including phenoxy) is 1. The smallest absolute Gasteiger partial charge is 0.127 e. The van der Waals surface area contributed by atoms with Crippen molar-refractivity contribution < 1.29 is 4.74 Å². The summed E-state index contributed by atoms with van der Waals surface area (Å²) in [6.07, 6.45) is 2.15. The van der Waals surface area contributed by atoms with Crippen molar-refractivity contribution in [2.45, 2.75) is 32.1 Å². The molecule has 0 aromatic heterocycles. The van der Waals surface area contributed by atoms with Crippen molar-refractivity contribution in [2.75, 3.05) is 7.11 Å². The maximum Gasteiger partial charge on any atom is 0.127 e. The van der Waals surface area contributed by atoms with Crippen LogP contribution in [-0.4, -0.2) is 7.11 Å². The molecular weight excluding hydrogens is 520 g/mol. The first kappa shape index (κ1) is 25.8. The van der Waals surface area contributed by atoms with E-state index in [-0.39, 0.29) is 5.41 Å². The highest BCUT2D eigenvalue weighted by Crippen LogP contribution is 2.54. The molecule has 0 fully saturated rings. The van der Waals surface area contributed by atoms with E-state index >= 15 is 0 Å². The molecule has 1 heteroatoms. The third-order valence-corrected chi connectivity index (χ3v) is 10.0. The Morgan fingerprint density at radius 1 is 0.488 bits per heavy atom. The largest absolute Gasteiger partial charge is 0.496 e. The van der Waals surface area contributed by atoms with Crippen molar-refractivity contribution in [1.82, 2.24) is 0 Å². The zero-order chi connectivity index (χ0) is 29.1. The van der Waals surface area contributed by atoms with Crippen LogP contribution in [0.3, 0.4) is 0 Å². The lowest BCUT2D eigenvalue weighted by Crippen LogP contribution is -2.23. The van der Waals surface area contributed by atoms with Crippen LogP contribution in [0.15, 0.2) is 127 Å². The van der Waals surface area contributed by atoms with E-state index in [4.69, 9.17) is 4.74 Å². The molecule has 0 radical (unpaired) electrons. The van der Waals surface area contributed by atoms with Crippen LogP contribution in [0.1, 0.15) is 37.8 Å². The number of hydrogen-bond donors (Lipinski definition) is 0. The van der Waals surface area contributed by atoms with Gasteiger partial charge in [0.05, 0.1) is 7.11 Å². The van der Waals surface area contributed by atoms with Gasteiger partial charge in [0.1, 0.15) is 5.75 Å². The second kappa shape index (κ2) is 9.85. The van der Waals surface area contributed by atoms with Gasteiger partial charge in [-0.1, -0.05) is 117 Å². The van der Waals surface area contributed by atoms with Gasteiger partial charge in [-0.25, -0.2) is 0 Å². The van der Waals surface area contributed by atoms with Gasteiger partial charge in [-0.3, -0.25) is 0 Å². The standard InChI is InChI=1S/C42H34O/c1-4-42(5-2)38-24-29(27-11-7-6-8-12-27)18-21-34(38)35-22-19-30(25-39(35)42)28-17-20-33-31(23-28)15-16-32-26-40(43-3)36-13-9-10-14-37(36)41(32)33/h6-26H,4-5H2,1-3H3. The zero-order valence-corrected chi connectivity index (χ0v) is 24.9. The van der Waals surface area contributed by atoms with E-state index < -0.39 is 0 Å². The average Bonchev–Trinajstić information content (AvgIpc) is 3.36. The number of fused-ring (bicyclic) bond motifs is 8. The normalized spacial score (nSPS) is 13.4. The molecule has 0 bridgehead atoms. The average molecular weight is 555 g/mol. The lowest BCUT2D eigenvalue weighted by Gasteiger charge is -2.30.